The van der Waals surface area contributed by atoms with Crippen molar-refractivity contribution in [3.63, 3.8) is 0 Å². The van der Waals surface area contributed by atoms with Gasteiger partial charge in [0, 0.05) is 6.20 Å². The monoisotopic (exact) mass is 300 g/mol. The summed E-state index contributed by atoms with van der Waals surface area (Å²) in [4.78, 5) is 17.3. The van der Waals surface area contributed by atoms with Crippen molar-refractivity contribution in [3.05, 3.63) is 48.4 Å². The first-order valence-corrected chi connectivity index (χ1v) is 6.56. The molecule has 1 aromatic carbocycles. The molecule has 0 atom stereocenters. The lowest BCUT2D eigenvalue weighted by Crippen LogP contribution is -2.24. The van der Waals surface area contributed by atoms with E-state index in [9.17, 15) is 4.79 Å². The largest absolute Gasteiger partial charge is 0.462 e. The molecule has 114 valence electrons. The number of esters is 1. The second-order valence-corrected chi connectivity index (χ2v) is 4.14. The van der Waals surface area contributed by atoms with Gasteiger partial charge in [0.15, 0.2) is 0 Å². The summed E-state index contributed by atoms with van der Waals surface area (Å²) in [6.07, 6.45) is 4.22. The third-order valence-corrected chi connectivity index (χ3v) is 2.67. The highest BCUT2D eigenvalue weighted by molar-refractivity contribution is 6.18. The van der Waals surface area contributed by atoms with E-state index in [1.807, 2.05) is 6.07 Å². The molecular formula is C14H16N6O2. The van der Waals surface area contributed by atoms with Gasteiger partial charge in [-0.2, -0.15) is 15.0 Å². The molecule has 1 aromatic heterocycles. The summed E-state index contributed by atoms with van der Waals surface area (Å²) in [5, 5.41) is 8.06. The van der Waals surface area contributed by atoms with Gasteiger partial charge in [-0.05, 0) is 25.1 Å². The third kappa shape index (κ3) is 3.48. The Balaban J connectivity index is 2.28. The maximum atomic E-state index is 11.7. The maximum Gasteiger partial charge on any atom is 0.343 e. The van der Waals surface area contributed by atoms with Crippen LogP contribution in [0.2, 0.25) is 0 Å². The molecule has 22 heavy (non-hydrogen) atoms. The number of nitrogens with zero attached hydrogens (tertiary/aromatic N) is 4. The van der Waals surface area contributed by atoms with Gasteiger partial charge >= 0.3 is 5.97 Å². The van der Waals surface area contributed by atoms with Crippen molar-refractivity contribution >= 4 is 17.5 Å². The van der Waals surface area contributed by atoms with Crippen molar-refractivity contribution in [2.45, 2.75) is 6.92 Å². The van der Waals surface area contributed by atoms with Gasteiger partial charge in [0.1, 0.15) is 11.4 Å². The van der Waals surface area contributed by atoms with Gasteiger partial charge in [0.2, 0.25) is 0 Å². The van der Waals surface area contributed by atoms with Crippen molar-refractivity contribution in [1.29, 1.82) is 0 Å². The minimum absolute atomic E-state index is 0.0180. The van der Waals surface area contributed by atoms with Gasteiger partial charge in [-0.1, -0.05) is 6.07 Å². The number of benzene rings is 1. The number of carbonyl (C=O) groups is 1. The van der Waals surface area contributed by atoms with Crippen LogP contribution in [0.15, 0.2) is 53.4 Å². The molecule has 8 heteroatoms. The van der Waals surface area contributed by atoms with Gasteiger partial charge in [-0.15, -0.1) is 0 Å². The molecule has 0 aliphatic heterocycles. The molecule has 0 spiro atoms. The Morgan fingerprint density at radius 3 is 2.77 bits per heavy atom. The van der Waals surface area contributed by atoms with E-state index in [-0.39, 0.29) is 18.0 Å². The molecular weight excluding hydrogens is 284 g/mol. The van der Waals surface area contributed by atoms with Crippen LogP contribution in [0.25, 0.3) is 5.69 Å². The highest BCUT2D eigenvalue weighted by Crippen LogP contribution is 2.17. The summed E-state index contributed by atoms with van der Waals surface area (Å²) in [6.45, 7) is 1.92. The highest BCUT2D eigenvalue weighted by Gasteiger charge is 2.14. The van der Waals surface area contributed by atoms with Crippen molar-refractivity contribution < 1.29 is 9.53 Å². The lowest BCUT2D eigenvalue weighted by Gasteiger charge is -2.06. The Hall–Kier alpha value is -3.16. The van der Waals surface area contributed by atoms with E-state index in [4.69, 9.17) is 16.2 Å². The second kappa shape index (κ2) is 7.02. The molecule has 0 aliphatic rings. The van der Waals surface area contributed by atoms with Crippen LogP contribution in [-0.4, -0.2) is 33.4 Å². The predicted octanol–water partition coefficient (Wildman–Crippen LogP) is 0.662. The highest BCUT2D eigenvalue weighted by atomic mass is 16.5. The number of aliphatic imine (C=N–C) groups is 1. The van der Waals surface area contributed by atoms with Crippen molar-refractivity contribution in [2.75, 3.05) is 6.61 Å². The molecule has 0 aliphatic carbocycles. The Morgan fingerprint density at radius 1 is 1.41 bits per heavy atom. The average molecular weight is 300 g/mol. The fourth-order valence-corrected chi connectivity index (χ4v) is 1.70. The molecule has 0 amide bonds. The second-order valence-electron chi connectivity index (χ2n) is 4.14. The van der Waals surface area contributed by atoms with E-state index in [0.717, 1.165) is 6.20 Å². The fraction of sp³-hybridized carbons (Fsp3) is 0.143. The summed E-state index contributed by atoms with van der Waals surface area (Å²) in [5.74, 6) is -0.636. The van der Waals surface area contributed by atoms with E-state index >= 15 is 0 Å². The van der Waals surface area contributed by atoms with E-state index < -0.39 is 5.97 Å². The van der Waals surface area contributed by atoms with Crippen LogP contribution in [-0.2, 0) is 9.53 Å². The van der Waals surface area contributed by atoms with Crippen LogP contribution >= 0.6 is 0 Å². The van der Waals surface area contributed by atoms with Crippen LogP contribution < -0.4 is 11.5 Å². The molecule has 4 N–H and O–H groups in total. The number of carbonyl (C=O) groups excluding carboxylic acids is 1. The van der Waals surface area contributed by atoms with Crippen LogP contribution in [0.1, 0.15) is 6.92 Å². The SMILES string of the molecule is CCOC(=O)C(=CN)C(N)=Nc1cccc(-n2nccn2)c1. The number of aromatic nitrogens is 3. The molecule has 0 saturated carbocycles. The topological polar surface area (TPSA) is 121 Å². The van der Waals surface area contributed by atoms with Gasteiger partial charge < -0.3 is 16.2 Å². The van der Waals surface area contributed by atoms with E-state index in [1.165, 1.54) is 4.80 Å². The van der Waals surface area contributed by atoms with E-state index in [0.29, 0.717) is 11.4 Å². The van der Waals surface area contributed by atoms with Crippen molar-refractivity contribution in [3.8, 4) is 5.69 Å². The van der Waals surface area contributed by atoms with Gasteiger partial charge in [0.05, 0.1) is 30.4 Å². The first-order chi connectivity index (χ1) is 10.7. The standard InChI is InChI=1S/C14H16N6O2/c1-2-22-14(21)12(9-15)13(16)19-10-4-3-5-11(8-10)20-17-6-7-18-20/h3-9H,2,15H2,1H3,(H2,16,19). The molecule has 0 saturated heterocycles. The molecule has 2 rings (SSSR count). The molecule has 0 unspecified atom stereocenters. The first-order valence-electron chi connectivity index (χ1n) is 6.56. The maximum absolute atomic E-state index is 11.7. The lowest BCUT2D eigenvalue weighted by molar-refractivity contribution is -0.137. The minimum Gasteiger partial charge on any atom is -0.462 e. The zero-order chi connectivity index (χ0) is 15.9. The zero-order valence-corrected chi connectivity index (χ0v) is 12.0. The lowest BCUT2D eigenvalue weighted by atomic mass is 10.2. The third-order valence-electron chi connectivity index (χ3n) is 2.67. The molecule has 0 radical (unpaired) electrons. The molecule has 2 aromatic rings. The van der Waals surface area contributed by atoms with Gasteiger partial charge in [-0.25, -0.2) is 9.79 Å². The number of rotatable bonds is 5. The number of nitrogens with two attached hydrogens (primary N) is 2. The summed E-state index contributed by atoms with van der Waals surface area (Å²) < 4.78 is 4.86. The number of amidine groups is 1. The summed E-state index contributed by atoms with van der Waals surface area (Å²) in [6, 6.07) is 7.06. The zero-order valence-electron chi connectivity index (χ0n) is 12.0. The van der Waals surface area contributed by atoms with Crippen molar-refractivity contribution in [1.82, 2.24) is 15.0 Å². The predicted molar refractivity (Wildman–Crippen MR) is 81.5 cm³/mol. The Morgan fingerprint density at radius 2 is 2.14 bits per heavy atom. The average Bonchev–Trinajstić information content (AvgIpc) is 3.03. The van der Waals surface area contributed by atoms with Crippen LogP contribution in [0.3, 0.4) is 0 Å². The van der Waals surface area contributed by atoms with Crippen LogP contribution in [0, 0.1) is 0 Å². The smallest absolute Gasteiger partial charge is 0.343 e. The number of hydrogen-bond acceptors (Lipinski definition) is 6. The van der Waals surface area contributed by atoms with Crippen LogP contribution in [0.4, 0.5) is 5.69 Å². The summed E-state index contributed by atoms with van der Waals surface area (Å²) in [5.41, 5.74) is 12.5. The first kappa shape index (κ1) is 15.2. The fourth-order valence-electron chi connectivity index (χ4n) is 1.70. The minimum atomic E-state index is -0.615. The molecule has 0 bridgehead atoms. The Kier molecular flexibility index (Phi) is 4.86. The van der Waals surface area contributed by atoms with E-state index in [1.54, 1.807) is 37.5 Å². The van der Waals surface area contributed by atoms with Crippen molar-refractivity contribution in [2.24, 2.45) is 16.5 Å². The Labute approximate surface area is 127 Å². The van der Waals surface area contributed by atoms with Gasteiger partial charge in [-0.3, -0.25) is 0 Å². The normalized spacial score (nSPS) is 12.2. The summed E-state index contributed by atoms with van der Waals surface area (Å²) >= 11 is 0. The molecule has 0 fully saturated rings. The quantitative estimate of drug-likeness (QED) is 0.362. The van der Waals surface area contributed by atoms with Gasteiger partial charge in [0.25, 0.3) is 0 Å². The summed E-state index contributed by atoms with van der Waals surface area (Å²) in [7, 11) is 0. The number of ether oxygens (including phenoxy) is 1. The molecule has 1 heterocycles. The number of hydrogen-bond donors (Lipinski definition) is 2. The van der Waals surface area contributed by atoms with E-state index in [2.05, 4.69) is 15.2 Å². The van der Waals surface area contributed by atoms with Crippen LogP contribution in [0.5, 0.6) is 0 Å². The molecule has 8 nitrogen and oxygen atoms in total. The Bertz CT molecular complexity index is 706.